The monoisotopic (exact) mass is 245 g/mol. The predicted octanol–water partition coefficient (Wildman–Crippen LogP) is 3.18. The highest BCUT2D eigenvalue weighted by molar-refractivity contribution is 5.33. The molecule has 1 aliphatic rings. The summed E-state index contributed by atoms with van der Waals surface area (Å²) in [4.78, 5) is 0.588. The van der Waals surface area contributed by atoms with Crippen LogP contribution in [0.25, 0.3) is 0 Å². The molecule has 0 heterocycles. The molecule has 0 N–H and O–H groups in total. The Morgan fingerprint density at radius 2 is 1.94 bits per heavy atom. The number of methoxy groups -OCH3 is 1. The first kappa shape index (κ1) is 12.2. The lowest BCUT2D eigenvalue weighted by molar-refractivity contribution is -0.253. The number of rotatable bonds is 4. The van der Waals surface area contributed by atoms with Crippen LogP contribution in [-0.2, 0) is 6.54 Å². The third-order valence-corrected chi connectivity index (χ3v) is 2.85. The van der Waals surface area contributed by atoms with Crippen LogP contribution in [0.5, 0.6) is 5.75 Å². The van der Waals surface area contributed by atoms with Gasteiger partial charge >= 0.3 is 6.30 Å². The van der Waals surface area contributed by atoms with E-state index in [0.717, 1.165) is 0 Å². The van der Waals surface area contributed by atoms with Gasteiger partial charge in [-0.3, -0.25) is 0 Å². The largest absolute Gasteiger partial charge is 0.496 e. The molecule has 1 aromatic carbocycles. The SMILES string of the molecule is COc1ccccc1CN(C1CC1)C(F)(F)F. The molecule has 1 aliphatic carbocycles. The van der Waals surface area contributed by atoms with Gasteiger partial charge in [-0.2, -0.15) is 13.2 Å². The van der Waals surface area contributed by atoms with Crippen molar-refractivity contribution in [2.24, 2.45) is 0 Å². The van der Waals surface area contributed by atoms with Crippen LogP contribution in [0.4, 0.5) is 13.2 Å². The van der Waals surface area contributed by atoms with Gasteiger partial charge in [0.25, 0.3) is 0 Å². The Hall–Kier alpha value is -1.23. The maximum atomic E-state index is 12.8. The van der Waals surface area contributed by atoms with Crippen LogP contribution < -0.4 is 4.74 Å². The molecule has 2 rings (SSSR count). The Kier molecular flexibility index (Phi) is 3.28. The molecule has 0 unspecified atom stereocenters. The lowest BCUT2D eigenvalue weighted by Crippen LogP contribution is -2.39. The van der Waals surface area contributed by atoms with Gasteiger partial charge in [0.15, 0.2) is 0 Å². The van der Waals surface area contributed by atoms with E-state index < -0.39 is 6.30 Å². The van der Waals surface area contributed by atoms with Gasteiger partial charge in [-0.25, -0.2) is 4.90 Å². The maximum absolute atomic E-state index is 12.8. The summed E-state index contributed by atoms with van der Waals surface area (Å²) in [7, 11) is 1.47. The van der Waals surface area contributed by atoms with E-state index in [-0.39, 0.29) is 12.6 Å². The number of halogens is 3. The molecule has 94 valence electrons. The van der Waals surface area contributed by atoms with E-state index in [0.29, 0.717) is 29.1 Å². The molecule has 5 heteroatoms. The van der Waals surface area contributed by atoms with Gasteiger partial charge in [-0.1, -0.05) is 18.2 Å². The number of nitrogens with zero attached hydrogens (tertiary/aromatic N) is 1. The molecule has 0 aliphatic heterocycles. The Labute approximate surface area is 98.0 Å². The molecule has 0 saturated heterocycles. The van der Waals surface area contributed by atoms with Gasteiger partial charge in [-0.05, 0) is 18.9 Å². The third kappa shape index (κ3) is 2.91. The quantitative estimate of drug-likeness (QED) is 0.755. The van der Waals surface area contributed by atoms with Crippen LogP contribution in [-0.4, -0.2) is 24.4 Å². The second-order valence-electron chi connectivity index (χ2n) is 4.14. The summed E-state index contributed by atoms with van der Waals surface area (Å²) in [5.74, 6) is 0.502. The smallest absolute Gasteiger partial charge is 0.460 e. The normalized spacial score (nSPS) is 16.3. The molecule has 1 fully saturated rings. The fourth-order valence-electron chi connectivity index (χ4n) is 1.83. The van der Waals surface area contributed by atoms with E-state index >= 15 is 0 Å². The molecule has 0 bridgehead atoms. The first-order chi connectivity index (χ1) is 8.02. The number of benzene rings is 1. The summed E-state index contributed by atoms with van der Waals surface area (Å²) in [6, 6.07) is 6.45. The number of para-hydroxylation sites is 1. The van der Waals surface area contributed by atoms with Crippen LogP contribution in [0.3, 0.4) is 0 Å². The van der Waals surface area contributed by atoms with Crippen molar-refractivity contribution in [3.05, 3.63) is 29.8 Å². The average molecular weight is 245 g/mol. The van der Waals surface area contributed by atoms with Crippen LogP contribution in [0.15, 0.2) is 24.3 Å². The summed E-state index contributed by atoms with van der Waals surface area (Å²) >= 11 is 0. The second-order valence-corrected chi connectivity index (χ2v) is 4.14. The van der Waals surface area contributed by atoms with E-state index in [4.69, 9.17) is 4.74 Å². The molecular weight excluding hydrogens is 231 g/mol. The average Bonchev–Trinajstić information content (AvgIpc) is 3.08. The zero-order chi connectivity index (χ0) is 12.5. The maximum Gasteiger partial charge on any atom is 0.460 e. The van der Waals surface area contributed by atoms with E-state index in [2.05, 4.69) is 0 Å². The topological polar surface area (TPSA) is 12.5 Å². The molecule has 0 spiro atoms. The highest BCUT2D eigenvalue weighted by Gasteiger charge is 2.46. The van der Waals surface area contributed by atoms with Gasteiger partial charge in [0.05, 0.1) is 7.11 Å². The summed E-state index contributed by atoms with van der Waals surface area (Å²) in [5.41, 5.74) is 0.569. The van der Waals surface area contributed by atoms with Crippen molar-refractivity contribution in [1.82, 2.24) is 4.90 Å². The molecule has 0 radical (unpaired) electrons. The molecular formula is C12H14F3NO. The fourth-order valence-corrected chi connectivity index (χ4v) is 1.83. The van der Waals surface area contributed by atoms with Crippen molar-refractivity contribution >= 4 is 0 Å². The third-order valence-electron chi connectivity index (χ3n) is 2.85. The highest BCUT2D eigenvalue weighted by atomic mass is 19.4. The Balaban J connectivity index is 2.17. The minimum absolute atomic E-state index is 0.141. The van der Waals surface area contributed by atoms with Crippen molar-refractivity contribution < 1.29 is 17.9 Å². The molecule has 0 amide bonds. The first-order valence-electron chi connectivity index (χ1n) is 5.47. The van der Waals surface area contributed by atoms with Crippen molar-refractivity contribution in [2.45, 2.75) is 31.7 Å². The minimum atomic E-state index is -4.28. The molecule has 2 nitrogen and oxygen atoms in total. The Bertz CT molecular complexity index is 388. The van der Waals surface area contributed by atoms with Crippen LogP contribution in [0, 0.1) is 0 Å². The summed E-state index contributed by atoms with van der Waals surface area (Å²) in [6.45, 7) is -0.141. The van der Waals surface area contributed by atoms with Crippen LogP contribution in [0.2, 0.25) is 0 Å². The predicted molar refractivity (Wildman–Crippen MR) is 57.6 cm³/mol. The van der Waals surface area contributed by atoms with Crippen LogP contribution in [0.1, 0.15) is 18.4 Å². The van der Waals surface area contributed by atoms with Gasteiger partial charge in [-0.15, -0.1) is 0 Å². The van der Waals surface area contributed by atoms with Crippen LogP contribution >= 0.6 is 0 Å². The van der Waals surface area contributed by atoms with E-state index in [1.807, 2.05) is 0 Å². The Morgan fingerprint density at radius 3 is 2.47 bits per heavy atom. The zero-order valence-corrected chi connectivity index (χ0v) is 9.50. The van der Waals surface area contributed by atoms with Crippen molar-refractivity contribution in [3.8, 4) is 5.75 Å². The summed E-state index contributed by atoms with van der Waals surface area (Å²) in [5, 5.41) is 0. The first-order valence-corrected chi connectivity index (χ1v) is 5.47. The zero-order valence-electron chi connectivity index (χ0n) is 9.50. The summed E-state index contributed by atoms with van der Waals surface area (Å²) in [6.07, 6.45) is -3.04. The standard InChI is InChI=1S/C12H14F3NO/c1-17-11-5-3-2-4-9(11)8-16(10-6-7-10)12(13,14)15/h2-5,10H,6-8H2,1H3. The van der Waals surface area contributed by atoms with E-state index in [1.54, 1.807) is 24.3 Å². The van der Waals surface area contributed by atoms with Gasteiger partial charge in [0, 0.05) is 18.2 Å². The molecule has 17 heavy (non-hydrogen) atoms. The van der Waals surface area contributed by atoms with E-state index in [9.17, 15) is 13.2 Å². The number of alkyl halides is 3. The highest BCUT2D eigenvalue weighted by Crippen LogP contribution is 2.37. The van der Waals surface area contributed by atoms with Gasteiger partial charge in [0.1, 0.15) is 5.75 Å². The lowest BCUT2D eigenvalue weighted by Gasteiger charge is -2.25. The number of hydrogen-bond acceptors (Lipinski definition) is 2. The lowest BCUT2D eigenvalue weighted by atomic mass is 10.2. The number of ether oxygens (including phenoxy) is 1. The minimum Gasteiger partial charge on any atom is -0.496 e. The number of hydrogen-bond donors (Lipinski definition) is 0. The van der Waals surface area contributed by atoms with Crippen molar-refractivity contribution in [1.29, 1.82) is 0 Å². The summed E-state index contributed by atoms with van der Waals surface area (Å²) < 4.78 is 43.5. The fraction of sp³-hybridized carbons (Fsp3) is 0.500. The Morgan fingerprint density at radius 1 is 1.29 bits per heavy atom. The molecule has 1 saturated carbocycles. The van der Waals surface area contributed by atoms with Crippen molar-refractivity contribution in [3.63, 3.8) is 0 Å². The van der Waals surface area contributed by atoms with E-state index in [1.165, 1.54) is 7.11 Å². The van der Waals surface area contributed by atoms with Gasteiger partial charge in [0.2, 0.25) is 0 Å². The van der Waals surface area contributed by atoms with Crippen molar-refractivity contribution in [2.75, 3.05) is 7.11 Å². The molecule has 0 atom stereocenters. The van der Waals surface area contributed by atoms with Gasteiger partial charge < -0.3 is 4.74 Å². The second kappa shape index (κ2) is 4.56. The molecule has 1 aromatic rings. The molecule has 0 aromatic heterocycles.